The van der Waals surface area contributed by atoms with Crippen molar-refractivity contribution in [3.05, 3.63) is 59.2 Å². The molecule has 0 fully saturated rings. The molecule has 0 saturated carbocycles. The molecule has 2 aromatic carbocycles. The molecule has 2 rings (SSSR count). The second-order valence-corrected chi connectivity index (χ2v) is 5.99. The summed E-state index contributed by atoms with van der Waals surface area (Å²) in [5, 5.41) is 0. The van der Waals surface area contributed by atoms with E-state index in [2.05, 4.69) is 0 Å². The summed E-state index contributed by atoms with van der Waals surface area (Å²) < 4.78 is 44.0. The molecule has 0 aromatic heterocycles. The molecule has 0 aliphatic rings. The van der Waals surface area contributed by atoms with Crippen LogP contribution < -0.4 is 9.47 Å². The molecule has 6 heteroatoms. The second kappa shape index (κ2) is 9.90. The highest BCUT2D eigenvalue weighted by Crippen LogP contribution is 2.31. The Morgan fingerprint density at radius 2 is 1.63 bits per heavy atom. The van der Waals surface area contributed by atoms with Gasteiger partial charge in [-0.25, -0.2) is 8.78 Å². The summed E-state index contributed by atoms with van der Waals surface area (Å²) in [5.41, 5.74) is 0.710. The summed E-state index contributed by atoms with van der Waals surface area (Å²) in [6.07, 6.45) is 1.19. The van der Waals surface area contributed by atoms with Crippen LogP contribution in [-0.2, 0) is 16.0 Å². The van der Waals surface area contributed by atoms with Crippen LogP contribution in [0.3, 0.4) is 0 Å². The minimum absolute atomic E-state index is 0.0700. The number of benzene rings is 2. The van der Waals surface area contributed by atoms with Crippen molar-refractivity contribution in [1.82, 2.24) is 0 Å². The van der Waals surface area contributed by atoms with Gasteiger partial charge in [0.2, 0.25) is 0 Å². The van der Waals surface area contributed by atoms with Crippen molar-refractivity contribution in [2.24, 2.45) is 0 Å². The van der Waals surface area contributed by atoms with Crippen LogP contribution in [-0.4, -0.2) is 26.8 Å². The van der Waals surface area contributed by atoms with E-state index in [1.54, 1.807) is 37.3 Å². The Hall–Kier alpha value is -2.63. The predicted octanol–water partition coefficient (Wildman–Crippen LogP) is 4.65. The van der Waals surface area contributed by atoms with Crippen LogP contribution in [0.25, 0.3) is 0 Å². The fourth-order valence-corrected chi connectivity index (χ4v) is 3.00. The lowest BCUT2D eigenvalue weighted by Gasteiger charge is -2.18. The van der Waals surface area contributed by atoms with Crippen molar-refractivity contribution in [3.8, 4) is 11.5 Å². The molecule has 1 atom stereocenters. The molecule has 4 nitrogen and oxygen atoms in total. The Balaban J connectivity index is 2.18. The van der Waals surface area contributed by atoms with E-state index in [0.717, 1.165) is 0 Å². The summed E-state index contributed by atoms with van der Waals surface area (Å²) in [6.45, 7) is 1.90. The average molecular weight is 378 g/mol. The topological polar surface area (TPSA) is 44.8 Å². The smallest absolute Gasteiger partial charge is 0.313 e. The fraction of sp³-hybridized carbons (Fsp3) is 0.381. The standard InChI is InChI=1S/C21H24F2O4/c1-4-27-21(24)16(15-10-7-13-18(26-3)20(15)23)11-5-8-14-9-6-12-17(25-2)19(14)22/h6-7,9-10,12-13,16H,4-5,8,11H2,1-3H3. The Morgan fingerprint density at radius 1 is 1.00 bits per heavy atom. The zero-order valence-corrected chi connectivity index (χ0v) is 15.8. The van der Waals surface area contributed by atoms with Crippen LogP contribution in [0.15, 0.2) is 36.4 Å². The number of carbonyl (C=O) groups excluding carboxylic acids is 1. The number of esters is 1. The molecule has 0 aliphatic carbocycles. The van der Waals surface area contributed by atoms with Gasteiger partial charge in [-0.05, 0) is 43.9 Å². The SMILES string of the molecule is CCOC(=O)C(CCCc1cccc(OC)c1F)c1cccc(OC)c1F. The monoisotopic (exact) mass is 378 g/mol. The van der Waals surface area contributed by atoms with E-state index >= 15 is 0 Å². The van der Waals surface area contributed by atoms with Crippen molar-refractivity contribution in [3.63, 3.8) is 0 Å². The molecule has 0 bridgehead atoms. The number of rotatable bonds is 9. The molecule has 0 saturated heterocycles. The molecule has 27 heavy (non-hydrogen) atoms. The number of carbonyl (C=O) groups is 1. The summed E-state index contributed by atoms with van der Waals surface area (Å²) in [4.78, 5) is 12.4. The number of aryl methyl sites for hydroxylation is 1. The predicted molar refractivity (Wildman–Crippen MR) is 98.2 cm³/mol. The van der Waals surface area contributed by atoms with Crippen LogP contribution in [0.4, 0.5) is 8.78 Å². The van der Waals surface area contributed by atoms with E-state index in [4.69, 9.17) is 14.2 Å². The van der Waals surface area contributed by atoms with E-state index in [-0.39, 0.29) is 23.7 Å². The number of hydrogen-bond acceptors (Lipinski definition) is 4. The van der Waals surface area contributed by atoms with Gasteiger partial charge in [-0.2, -0.15) is 0 Å². The number of hydrogen-bond donors (Lipinski definition) is 0. The minimum atomic E-state index is -0.784. The Bertz CT molecular complexity index is 777. The highest BCUT2D eigenvalue weighted by Gasteiger charge is 2.26. The first kappa shape index (κ1) is 20.7. The third-order valence-corrected chi connectivity index (χ3v) is 4.36. The van der Waals surface area contributed by atoms with Gasteiger partial charge in [0.15, 0.2) is 23.1 Å². The van der Waals surface area contributed by atoms with Gasteiger partial charge in [0, 0.05) is 5.56 Å². The van der Waals surface area contributed by atoms with Crippen LogP contribution in [0.5, 0.6) is 11.5 Å². The van der Waals surface area contributed by atoms with E-state index in [9.17, 15) is 13.6 Å². The molecule has 1 unspecified atom stereocenters. The zero-order valence-electron chi connectivity index (χ0n) is 15.8. The Kier molecular flexibility index (Phi) is 7.58. The van der Waals surface area contributed by atoms with Crippen molar-refractivity contribution < 1.29 is 27.8 Å². The second-order valence-electron chi connectivity index (χ2n) is 5.99. The summed E-state index contributed by atoms with van der Waals surface area (Å²) >= 11 is 0. The van der Waals surface area contributed by atoms with Gasteiger partial charge in [-0.3, -0.25) is 4.79 Å². The van der Waals surface area contributed by atoms with Crippen LogP contribution in [0.2, 0.25) is 0 Å². The van der Waals surface area contributed by atoms with Crippen LogP contribution >= 0.6 is 0 Å². The van der Waals surface area contributed by atoms with Crippen molar-refractivity contribution in [1.29, 1.82) is 0 Å². The summed E-state index contributed by atoms with van der Waals surface area (Å²) in [7, 11) is 2.78. The maximum absolute atomic E-state index is 14.6. The molecule has 0 spiro atoms. The molecule has 0 N–H and O–H groups in total. The highest BCUT2D eigenvalue weighted by molar-refractivity contribution is 5.78. The Morgan fingerprint density at radius 3 is 2.26 bits per heavy atom. The minimum Gasteiger partial charge on any atom is -0.494 e. The zero-order chi connectivity index (χ0) is 19.8. The van der Waals surface area contributed by atoms with Gasteiger partial charge < -0.3 is 14.2 Å². The maximum atomic E-state index is 14.6. The van der Waals surface area contributed by atoms with Crippen molar-refractivity contribution >= 4 is 5.97 Å². The molecular weight excluding hydrogens is 354 g/mol. The lowest BCUT2D eigenvalue weighted by molar-refractivity contribution is -0.145. The van der Waals surface area contributed by atoms with E-state index in [1.165, 1.54) is 20.3 Å². The first-order valence-electron chi connectivity index (χ1n) is 8.83. The van der Waals surface area contributed by atoms with Crippen molar-refractivity contribution in [2.75, 3.05) is 20.8 Å². The average Bonchev–Trinajstić information content (AvgIpc) is 2.67. The lowest BCUT2D eigenvalue weighted by atomic mass is 9.91. The first-order chi connectivity index (χ1) is 13.0. The molecule has 0 heterocycles. The van der Waals surface area contributed by atoms with Gasteiger partial charge in [0.05, 0.1) is 26.7 Å². The maximum Gasteiger partial charge on any atom is 0.313 e. The van der Waals surface area contributed by atoms with Gasteiger partial charge in [-0.1, -0.05) is 24.3 Å². The van der Waals surface area contributed by atoms with Crippen LogP contribution in [0.1, 0.15) is 36.8 Å². The number of halogens is 2. The van der Waals surface area contributed by atoms with E-state index in [1.807, 2.05) is 0 Å². The molecule has 0 amide bonds. The normalized spacial score (nSPS) is 11.7. The van der Waals surface area contributed by atoms with Crippen LogP contribution in [0, 0.1) is 11.6 Å². The van der Waals surface area contributed by atoms with Crippen molar-refractivity contribution in [2.45, 2.75) is 32.1 Å². The molecular formula is C21H24F2O4. The van der Waals surface area contributed by atoms with Gasteiger partial charge in [-0.15, -0.1) is 0 Å². The third-order valence-electron chi connectivity index (χ3n) is 4.36. The summed E-state index contributed by atoms with van der Waals surface area (Å²) in [6, 6.07) is 9.60. The van der Waals surface area contributed by atoms with Gasteiger partial charge in [0.25, 0.3) is 0 Å². The molecule has 2 aromatic rings. The number of ether oxygens (including phenoxy) is 3. The summed E-state index contributed by atoms with van der Waals surface area (Å²) in [5.74, 6) is -2.04. The third kappa shape index (κ3) is 4.96. The quantitative estimate of drug-likeness (QED) is 0.596. The van der Waals surface area contributed by atoms with E-state index < -0.39 is 23.5 Å². The van der Waals surface area contributed by atoms with Gasteiger partial charge in [0.1, 0.15) is 0 Å². The van der Waals surface area contributed by atoms with Gasteiger partial charge >= 0.3 is 5.97 Å². The van der Waals surface area contributed by atoms with E-state index in [0.29, 0.717) is 24.8 Å². The largest absolute Gasteiger partial charge is 0.494 e. The fourth-order valence-electron chi connectivity index (χ4n) is 3.00. The first-order valence-corrected chi connectivity index (χ1v) is 8.83. The molecule has 0 aliphatic heterocycles. The number of methoxy groups -OCH3 is 2. The molecule has 0 radical (unpaired) electrons. The Labute approximate surface area is 158 Å². The highest BCUT2D eigenvalue weighted by atomic mass is 19.1. The lowest BCUT2D eigenvalue weighted by Crippen LogP contribution is -2.18. The molecule has 146 valence electrons.